The Labute approximate surface area is 429 Å². The van der Waals surface area contributed by atoms with Gasteiger partial charge in [-0.2, -0.15) is 0 Å². The van der Waals surface area contributed by atoms with Crippen LogP contribution in [0, 0.1) is 0 Å². The Balaban J connectivity index is 0.893. The molecule has 0 saturated heterocycles. The molecule has 0 spiro atoms. The van der Waals surface area contributed by atoms with Gasteiger partial charge in [0.05, 0.1) is 16.4 Å². The van der Waals surface area contributed by atoms with Crippen molar-refractivity contribution in [1.82, 2.24) is 4.57 Å². The zero-order valence-electron chi connectivity index (χ0n) is 40.4. The van der Waals surface area contributed by atoms with Gasteiger partial charge in [0.15, 0.2) is 0 Å². The van der Waals surface area contributed by atoms with E-state index in [2.05, 4.69) is 289 Å². The van der Waals surface area contributed by atoms with Crippen LogP contribution in [0.1, 0.15) is 22.3 Å². The molecular weight excluding hydrogens is 897 g/mol. The first kappa shape index (κ1) is 42.0. The number of nitrogens with zero attached hydrogens (tertiary/aromatic N) is 2. The highest BCUT2D eigenvalue weighted by atomic mass is 16.3. The maximum absolute atomic E-state index is 6.71. The van der Waals surface area contributed by atoms with Crippen LogP contribution < -0.4 is 4.90 Å². The Morgan fingerprint density at radius 1 is 0.324 bits per heavy atom. The fraction of sp³-hybridized carbons (Fsp3) is 0.0141. The van der Waals surface area contributed by atoms with Gasteiger partial charge in [-0.1, -0.05) is 200 Å². The van der Waals surface area contributed by atoms with Crippen LogP contribution in [-0.4, -0.2) is 4.57 Å². The lowest BCUT2D eigenvalue weighted by Crippen LogP contribution is -2.28. The maximum Gasteiger partial charge on any atom is 0.143 e. The average Bonchev–Trinajstić information content (AvgIpc) is 4.12. The Morgan fingerprint density at radius 3 is 1.65 bits per heavy atom. The molecule has 0 fully saturated rings. The summed E-state index contributed by atoms with van der Waals surface area (Å²) in [6.45, 7) is 0. The molecule has 3 heteroatoms. The summed E-state index contributed by atoms with van der Waals surface area (Å²) in [6, 6.07) is 102. The van der Waals surface area contributed by atoms with Gasteiger partial charge in [0.2, 0.25) is 0 Å². The number of hydrogen-bond acceptors (Lipinski definition) is 2. The van der Waals surface area contributed by atoms with Crippen molar-refractivity contribution in [2.45, 2.75) is 5.41 Å². The summed E-state index contributed by atoms with van der Waals surface area (Å²) in [5.41, 5.74) is 20.0. The SMILES string of the molecule is c1ccc(C2(c3ccccc3)c3ccccc3-c3ccc(N(c4ccc(-c5cccc(-n6c7ccccc7c7ccccc76)c5)cc4)c4cccc(-c5ccc6c(c5)oc5c7ccccc7ccc65)c4)cc32)cc1. The van der Waals surface area contributed by atoms with Crippen molar-refractivity contribution in [2.24, 2.45) is 0 Å². The molecule has 0 bridgehead atoms. The third-order valence-corrected chi connectivity index (χ3v) is 15.6. The zero-order chi connectivity index (χ0) is 48.7. The highest BCUT2D eigenvalue weighted by Gasteiger charge is 2.46. The third-order valence-electron chi connectivity index (χ3n) is 15.6. The second kappa shape index (κ2) is 16.7. The van der Waals surface area contributed by atoms with Gasteiger partial charge in [-0.3, -0.25) is 0 Å². The van der Waals surface area contributed by atoms with E-state index in [-0.39, 0.29) is 0 Å². The van der Waals surface area contributed by atoms with Crippen LogP contribution in [0.2, 0.25) is 0 Å². The van der Waals surface area contributed by atoms with Crippen LogP contribution >= 0.6 is 0 Å². The van der Waals surface area contributed by atoms with E-state index in [1.54, 1.807) is 0 Å². The predicted molar refractivity (Wildman–Crippen MR) is 308 cm³/mol. The van der Waals surface area contributed by atoms with Gasteiger partial charge < -0.3 is 13.9 Å². The van der Waals surface area contributed by atoms with Crippen molar-refractivity contribution in [2.75, 3.05) is 4.90 Å². The van der Waals surface area contributed by atoms with Crippen LogP contribution in [0.3, 0.4) is 0 Å². The van der Waals surface area contributed by atoms with Crippen molar-refractivity contribution in [1.29, 1.82) is 0 Å². The smallest absolute Gasteiger partial charge is 0.143 e. The summed E-state index contributed by atoms with van der Waals surface area (Å²) < 4.78 is 9.10. The molecule has 0 radical (unpaired) electrons. The van der Waals surface area contributed by atoms with Crippen LogP contribution in [0.15, 0.2) is 283 Å². The quantitative estimate of drug-likeness (QED) is 0.151. The van der Waals surface area contributed by atoms with E-state index >= 15 is 0 Å². The lowest BCUT2D eigenvalue weighted by atomic mass is 9.67. The number of anilines is 3. The molecular formula is C71H46N2O. The molecule has 12 aromatic carbocycles. The Kier molecular flexibility index (Phi) is 9.48. The number of aromatic nitrogens is 1. The fourth-order valence-electron chi connectivity index (χ4n) is 12.4. The summed E-state index contributed by atoms with van der Waals surface area (Å²) >= 11 is 0. The molecule has 0 saturated carbocycles. The normalized spacial score (nSPS) is 12.7. The van der Waals surface area contributed by atoms with Gasteiger partial charge in [-0.05, 0) is 140 Å². The van der Waals surface area contributed by atoms with Crippen molar-refractivity contribution in [3.63, 3.8) is 0 Å². The van der Waals surface area contributed by atoms with E-state index in [9.17, 15) is 0 Å². The van der Waals surface area contributed by atoms with E-state index in [0.717, 1.165) is 72.3 Å². The van der Waals surface area contributed by atoms with E-state index in [4.69, 9.17) is 4.42 Å². The lowest BCUT2D eigenvalue weighted by molar-refractivity contribution is 0.673. The summed E-state index contributed by atoms with van der Waals surface area (Å²) in [5.74, 6) is 0. The van der Waals surface area contributed by atoms with Crippen molar-refractivity contribution >= 4 is 71.6 Å². The first-order chi connectivity index (χ1) is 36.7. The van der Waals surface area contributed by atoms with Gasteiger partial charge >= 0.3 is 0 Å². The predicted octanol–water partition coefficient (Wildman–Crippen LogP) is 19.0. The largest absolute Gasteiger partial charge is 0.455 e. The Morgan fingerprint density at radius 2 is 0.892 bits per heavy atom. The van der Waals surface area contributed by atoms with Gasteiger partial charge in [0, 0.05) is 49.7 Å². The first-order valence-electron chi connectivity index (χ1n) is 25.5. The van der Waals surface area contributed by atoms with Crippen LogP contribution in [0.5, 0.6) is 0 Å². The number of hydrogen-bond donors (Lipinski definition) is 0. The molecule has 1 aliphatic rings. The number of para-hydroxylation sites is 2. The maximum atomic E-state index is 6.71. The molecule has 0 N–H and O–H groups in total. The molecule has 0 unspecified atom stereocenters. The monoisotopic (exact) mass is 942 g/mol. The molecule has 3 nitrogen and oxygen atoms in total. The van der Waals surface area contributed by atoms with Crippen molar-refractivity contribution in [3.05, 3.63) is 301 Å². The molecule has 14 aromatic rings. The topological polar surface area (TPSA) is 21.3 Å². The molecule has 2 heterocycles. The molecule has 0 atom stereocenters. The van der Waals surface area contributed by atoms with Crippen LogP contribution in [-0.2, 0) is 5.41 Å². The van der Waals surface area contributed by atoms with Gasteiger partial charge in [-0.15, -0.1) is 0 Å². The van der Waals surface area contributed by atoms with Crippen molar-refractivity contribution in [3.8, 4) is 39.1 Å². The zero-order valence-corrected chi connectivity index (χ0v) is 40.4. The molecule has 346 valence electrons. The minimum atomic E-state index is -0.545. The number of furan rings is 1. The molecule has 15 rings (SSSR count). The molecule has 0 amide bonds. The summed E-state index contributed by atoms with van der Waals surface area (Å²) in [6.07, 6.45) is 0. The summed E-state index contributed by atoms with van der Waals surface area (Å²) in [7, 11) is 0. The molecule has 0 aliphatic heterocycles. The second-order valence-electron chi connectivity index (χ2n) is 19.6. The molecule has 74 heavy (non-hydrogen) atoms. The Hall–Kier alpha value is -9.70. The average molecular weight is 943 g/mol. The first-order valence-corrected chi connectivity index (χ1v) is 25.5. The molecule has 1 aliphatic carbocycles. The van der Waals surface area contributed by atoms with Gasteiger partial charge in [0.25, 0.3) is 0 Å². The van der Waals surface area contributed by atoms with Gasteiger partial charge in [-0.25, -0.2) is 0 Å². The highest BCUT2D eigenvalue weighted by molar-refractivity contribution is 6.15. The standard InChI is InChI=1S/C71H46N2O/c1-3-20-52(21-4-1)71(53-22-5-2-6-23-53)65-30-12-9-27-59(65)60-42-39-57(46-66(60)71)72(55-24-16-19-50(44-55)51-36-40-63-64-41-35-48-17-7-8-26-58(48)70(64)74-69(63)45-51)54-37-33-47(34-38-54)49-18-15-25-56(43-49)73-67-31-13-10-28-61(67)62-29-11-14-32-68(62)73/h1-46H. The van der Waals surface area contributed by atoms with E-state index < -0.39 is 5.41 Å². The summed E-state index contributed by atoms with van der Waals surface area (Å²) in [5, 5.41) is 7.06. The van der Waals surface area contributed by atoms with E-state index in [1.807, 2.05) is 0 Å². The van der Waals surface area contributed by atoms with Crippen LogP contribution in [0.4, 0.5) is 17.1 Å². The summed E-state index contributed by atoms with van der Waals surface area (Å²) in [4.78, 5) is 2.43. The third kappa shape index (κ3) is 6.40. The number of benzene rings is 12. The molecule has 2 aromatic heterocycles. The highest BCUT2D eigenvalue weighted by Crippen LogP contribution is 2.57. The van der Waals surface area contributed by atoms with Gasteiger partial charge in [0.1, 0.15) is 11.2 Å². The van der Waals surface area contributed by atoms with Crippen molar-refractivity contribution < 1.29 is 4.42 Å². The van der Waals surface area contributed by atoms with E-state index in [0.29, 0.717) is 0 Å². The second-order valence-corrected chi connectivity index (χ2v) is 19.6. The minimum Gasteiger partial charge on any atom is -0.455 e. The minimum absolute atomic E-state index is 0.545. The van der Waals surface area contributed by atoms with Crippen LogP contribution in [0.25, 0.3) is 93.6 Å². The lowest BCUT2D eigenvalue weighted by Gasteiger charge is -2.35. The Bertz CT molecular complexity index is 4390. The number of rotatable bonds is 8. The number of fused-ring (bicyclic) bond motifs is 11. The van der Waals surface area contributed by atoms with E-state index in [1.165, 1.54) is 60.6 Å². The fourth-order valence-corrected chi connectivity index (χ4v) is 12.4.